The van der Waals surface area contributed by atoms with E-state index in [4.69, 9.17) is 0 Å². The van der Waals surface area contributed by atoms with Crippen LogP contribution < -0.4 is 10.6 Å². The molecule has 0 aromatic carbocycles. The summed E-state index contributed by atoms with van der Waals surface area (Å²) in [5.74, 6) is 2.39. The Morgan fingerprint density at radius 2 is 1.96 bits per heavy atom. The second kappa shape index (κ2) is 6.59. The van der Waals surface area contributed by atoms with Crippen molar-refractivity contribution < 1.29 is 0 Å². The van der Waals surface area contributed by atoms with Crippen LogP contribution in [-0.4, -0.2) is 42.6 Å². The molecule has 9 heteroatoms. The highest BCUT2D eigenvalue weighted by Gasteiger charge is 2.04. The molecule has 4 aromatic heterocycles. The molecule has 0 bridgehead atoms. The van der Waals surface area contributed by atoms with Crippen LogP contribution in [0, 0.1) is 0 Å². The normalized spacial score (nSPS) is 10.8. The topological polar surface area (TPSA) is 93.4 Å². The second-order valence-corrected chi connectivity index (χ2v) is 5.84. The lowest BCUT2D eigenvalue weighted by atomic mass is 10.4. The predicted molar refractivity (Wildman–Crippen MR) is 93.5 cm³/mol. The monoisotopic (exact) mass is 338 g/mol. The maximum atomic E-state index is 4.29. The first-order chi connectivity index (χ1) is 11.9. The lowest BCUT2D eigenvalue weighted by molar-refractivity contribution is 0.962. The minimum Gasteiger partial charge on any atom is -0.368 e. The van der Waals surface area contributed by atoms with Crippen molar-refractivity contribution in [1.82, 2.24) is 29.5 Å². The molecule has 8 nitrogen and oxygen atoms in total. The molecule has 120 valence electrons. The first-order valence-electron chi connectivity index (χ1n) is 7.36. The summed E-state index contributed by atoms with van der Waals surface area (Å²) < 4.78 is 1.83. The van der Waals surface area contributed by atoms with Gasteiger partial charge in [0.1, 0.15) is 41.3 Å². The Kier molecular flexibility index (Phi) is 3.98. The van der Waals surface area contributed by atoms with Gasteiger partial charge >= 0.3 is 0 Å². The van der Waals surface area contributed by atoms with Crippen molar-refractivity contribution in [1.29, 1.82) is 0 Å². The first-order valence-corrected chi connectivity index (χ1v) is 8.24. The molecular weight excluding hydrogens is 324 g/mol. The number of aromatic nitrogens is 6. The summed E-state index contributed by atoms with van der Waals surface area (Å²) in [6, 6.07) is 3.90. The smallest absolute Gasteiger partial charge is 0.143 e. The highest BCUT2D eigenvalue weighted by atomic mass is 32.1. The minimum absolute atomic E-state index is 0.704. The largest absolute Gasteiger partial charge is 0.368 e. The summed E-state index contributed by atoms with van der Waals surface area (Å²) >= 11 is 1.61. The Morgan fingerprint density at radius 3 is 2.88 bits per heavy atom. The SMILES string of the molecule is c1cn(-c2cc(NCCNc3ncnc4sccc34)ncn2)cn1. The molecule has 0 atom stereocenters. The van der Waals surface area contributed by atoms with Crippen molar-refractivity contribution in [3.8, 4) is 5.82 Å². The van der Waals surface area contributed by atoms with E-state index in [9.17, 15) is 0 Å². The van der Waals surface area contributed by atoms with E-state index in [1.807, 2.05) is 28.3 Å². The molecule has 4 aromatic rings. The van der Waals surface area contributed by atoms with E-state index in [0.29, 0.717) is 13.1 Å². The number of nitrogens with one attached hydrogen (secondary N) is 2. The summed E-state index contributed by atoms with van der Waals surface area (Å²) in [6.07, 6.45) is 8.37. The van der Waals surface area contributed by atoms with Crippen molar-refractivity contribution in [2.75, 3.05) is 23.7 Å². The number of fused-ring (bicyclic) bond motifs is 1. The molecule has 2 N–H and O–H groups in total. The molecule has 0 aliphatic carbocycles. The van der Waals surface area contributed by atoms with Gasteiger partial charge in [0.25, 0.3) is 0 Å². The molecule has 0 saturated carbocycles. The number of imidazole rings is 1. The Bertz CT molecular complexity index is 933. The van der Waals surface area contributed by atoms with Crippen LogP contribution in [0.4, 0.5) is 11.6 Å². The van der Waals surface area contributed by atoms with E-state index in [-0.39, 0.29) is 0 Å². The maximum absolute atomic E-state index is 4.29. The van der Waals surface area contributed by atoms with Gasteiger partial charge in [0.2, 0.25) is 0 Å². The van der Waals surface area contributed by atoms with Gasteiger partial charge in [0.15, 0.2) is 0 Å². The molecule has 4 rings (SSSR count). The van der Waals surface area contributed by atoms with Gasteiger partial charge in [-0.25, -0.2) is 24.9 Å². The van der Waals surface area contributed by atoms with E-state index in [2.05, 4.69) is 35.6 Å². The van der Waals surface area contributed by atoms with E-state index in [0.717, 1.165) is 27.7 Å². The van der Waals surface area contributed by atoms with E-state index < -0.39 is 0 Å². The molecule has 0 fully saturated rings. The molecule has 0 aliphatic rings. The van der Waals surface area contributed by atoms with E-state index in [1.165, 1.54) is 6.33 Å². The van der Waals surface area contributed by atoms with E-state index >= 15 is 0 Å². The van der Waals surface area contributed by atoms with Crippen LogP contribution in [0.3, 0.4) is 0 Å². The van der Waals surface area contributed by atoms with Gasteiger partial charge in [-0.2, -0.15) is 0 Å². The summed E-state index contributed by atoms with van der Waals surface area (Å²) in [5.41, 5.74) is 0. The summed E-state index contributed by atoms with van der Waals surface area (Å²) in [6.45, 7) is 1.42. The van der Waals surface area contributed by atoms with E-state index in [1.54, 1.807) is 30.2 Å². The molecular formula is C15H14N8S. The molecule has 4 heterocycles. The van der Waals surface area contributed by atoms with Crippen LogP contribution in [0.25, 0.3) is 16.0 Å². The lowest BCUT2D eigenvalue weighted by Gasteiger charge is -2.09. The summed E-state index contributed by atoms with van der Waals surface area (Å²) in [4.78, 5) is 22.0. The Hall–Kier alpha value is -3.07. The number of thiophene rings is 1. The van der Waals surface area contributed by atoms with Gasteiger partial charge < -0.3 is 10.6 Å². The average Bonchev–Trinajstić information content (AvgIpc) is 3.30. The van der Waals surface area contributed by atoms with Gasteiger partial charge in [0, 0.05) is 31.5 Å². The van der Waals surface area contributed by atoms with Crippen molar-refractivity contribution in [3.63, 3.8) is 0 Å². The third-order valence-corrected chi connectivity index (χ3v) is 4.23. The fourth-order valence-corrected chi connectivity index (χ4v) is 3.01. The zero-order valence-electron chi connectivity index (χ0n) is 12.6. The molecule has 0 spiro atoms. The molecule has 0 unspecified atom stereocenters. The molecule has 24 heavy (non-hydrogen) atoms. The zero-order valence-corrected chi connectivity index (χ0v) is 13.4. The number of nitrogens with zero attached hydrogens (tertiary/aromatic N) is 6. The lowest BCUT2D eigenvalue weighted by Crippen LogP contribution is -2.15. The predicted octanol–water partition coefficient (Wildman–Crippen LogP) is 2.19. The highest BCUT2D eigenvalue weighted by molar-refractivity contribution is 7.16. The number of hydrogen-bond donors (Lipinski definition) is 2. The molecule has 0 saturated heterocycles. The van der Waals surface area contributed by atoms with Crippen molar-refractivity contribution in [2.24, 2.45) is 0 Å². The third-order valence-electron chi connectivity index (χ3n) is 3.41. The van der Waals surface area contributed by atoms with Gasteiger partial charge in [0.05, 0.1) is 5.39 Å². The van der Waals surface area contributed by atoms with Gasteiger partial charge in [-0.05, 0) is 11.4 Å². The van der Waals surface area contributed by atoms with Gasteiger partial charge in [-0.3, -0.25) is 4.57 Å². The standard InChI is InChI=1S/C15H14N8S/c1-6-24-15-11(1)14(21-9-22-15)18-3-2-17-12-7-13(20-8-19-12)23-5-4-16-10-23/h1,4-10H,2-3H2,(H,17,19,20)(H,18,21,22). The first kappa shape index (κ1) is 14.5. The van der Waals surface area contributed by atoms with Crippen LogP contribution in [-0.2, 0) is 0 Å². The quantitative estimate of drug-likeness (QED) is 0.520. The fraction of sp³-hybridized carbons (Fsp3) is 0.133. The van der Waals surface area contributed by atoms with Crippen molar-refractivity contribution >= 4 is 33.2 Å². The molecule has 0 aliphatic heterocycles. The Labute approximate surface area is 141 Å². The zero-order chi connectivity index (χ0) is 16.2. The van der Waals surface area contributed by atoms with Gasteiger partial charge in [-0.15, -0.1) is 11.3 Å². The second-order valence-electron chi connectivity index (χ2n) is 4.95. The molecule has 0 radical (unpaired) electrons. The van der Waals surface area contributed by atoms with Crippen molar-refractivity contribution in [3.05, 3.63) is 48.9 Å². The third kappa shape index (κ3) is 3.01. The van der Waals surface area contributed by atoms with Gasteiger partial charge in [-0.1, -0.05) is 0 Å². The fourth-order valence-electron chi connectivity index (χ4n) is 2.28. The minimum atomic E-state index is 0.704. The maximum Gasteiger partial charge on any atom is 0.143 e. The highest BCUT2D eigenvalue weighted by Crippen LogP contribution is 2.23. The number of rotatable bonds is 6. The van der Waals surface area contributed by atoms with Crippen LogP contribution in [0.15, 0.2) is 48.9 Å². The van der Waals surface area contributed by atoms with Crippen LogP contribution in [0.2, 0.25) is 0 Å². The number of hydrogen-bond acceptors (Lipinski definition) is 8. The van der Waals surface area contributed by atoms with Crippen LogP contribution in [0.1, 0.15) is 0 Å². The van der Waals surface area contributed by atoms with Crippen LogP contribution in [0.5, 0.6) is 0 Å². The van der Waals surface area contributed by atoms with Crippen molar-refractivity contribution in [2.45, 2.75) is 0 Å². The number of anilines is 2. The Balaban J connectivity index is 1.36. The summed E-state index contributed by atoms with van der Waals surface area (Å²) in [7, 11) is 0. The molecule has 0 amide bonds. The summed E-state index contributed by atoms with van der Waals surface area (Å²) in [5, 5.41) is 9.65. The Morgan fingerprint density at radius 1 is 1.04 bits per heavy atom. The average molecular weight is 338 g/mol. The van der Waals surface area contributed by atoms with Crippen LogP contribution >= 0.6 is 11.3 Å².